The molecule has 23 heavy (non-hydrogen) atoms. The number of hydrogen-bond acceptors (Lipinski definition) is 7. The van der Waals surface area contributed by atoms with Gasteiger partial charge >= 0.3 is 11.9 Å². The standard InChI is InChI=1S/C16H14O4S3/c1-19-15(17)11-3-7-13(8-4-11)21-23-22-14-9-5-12(6-10-14)16(18)20-2/h3-10H,1-2H3. The molecule has 0 radical (unpaired) electrons. The van der Waals surface area contributed by atoms with E-state index in [1.54, 1.807) is 55.7 Å². The molecule has 0 amide bonds. The predicted octanol–water partition coefficient (Wildman–Crippen LogP) is 4.71. The van der Waals surface area contributed by atoms with Crippen molar-refractivity contribution in [3.8, 4) is 0 Å². The SMILES string of the molecule is COC(=O)c1ccc(SSSc2ccc(C(=O)OC)cc2)cc1. The minimum Gasteiger partial charge on any atom is -0.465 e. The van der Waals surface area contributed by atoms with Gasteiger partial charge in [0, 0.05) is 9.79 Å². The molecule has 0 aliphatic rings. The van der Waals surface area contributed by atoms with Crippen LogP contribution in [0.3, 0.4) is 0 Å². The highest BCUT2D eigenvalue weighted by Crippen LogP contribution is 2.44. The Kier molecular flexibility index (Phi) is 6.88. The average molecular weight is 366 g/mol. The van der Waals surface area contributed by atoms with E-state index in [-0.39, 0.29) is 11.9 Å². The van der Waals surface area contributed by atoms with Crippen LogP contribution in [0.25, 0.3) is 0 Å². The fourth-order valence-corrected chi connectivity index (χ4v) is 5.27. The van der Waals surface area contributed by atoms with Crippen LogP contribution < -0.4 is 0 Å². The fraction of sp³-hybridized carbons (Fsp3) is 0.125. The van der Waals surface area contributed by atoms with Gasteiger partial charge < -0.3 is 9.47 Å². The third kappa shape index (κ3) is 5.23. The predicted molar refractivity (Wildman–Crippen MR) is 94.9 cm³/mol. The van der Waals surface area contributed by atoms with Gasteiger partial charge in [0.2, 0.25) is 0 Å². The Morgan fingerprint density at radius 1 is 0.696 bits per heavy atom. The molecule has 0 bridgehead atoms. The van der Waals surface area contributed by atoms with Gasteiger partial charge in [-0.25, -0.2) is 9.59 Å². The highest BCUT2D eigenvalue weighted by atomic mass is 33.5. The van der Waals surface area contributed by atoms with E-state index in [9.17, 15) is 9.59 Å². The number of carbonyl (C=O) groups is 2. The summed E-state index contributed by atoms with van der Waals surface area (Å²) in [6.45, 7) is 0. The van der Waals surface area contributed by atoms with Crippen molar-refractivity contribution >= 4 is 43.4 Å². The van der Waals surface area contributed by atoms with Crippen LogP contribution in [0.5, 0.6) is 0 Å². The molecule has 0 unspecified atom stereocenters. The molecule has 0 heterocycles. The van der Waals surface area contributed by atoms with E-state index in [1.165, 1.54) is 14.2 Å². The lowest BCUT2D eigenvalue weighted by Gasteiger charge is -2.03. The Bertz CT molecular complexity index is 609. The molecular weight excluding hydrogens is 352 g/mol. The van der Waals surface area contributed by atoms with E-state index in [0.29, 0.717) is 11.1 Å². The summed E-state index contributed by atoms with van der Waals surface area (Å²) in [6.07, 6.45) is 0. The van der Waals surface area contributed by atoms with Gasteiger partial charge in [0.15, 0.2) is 0 Å². The molecule has 0 N–H and O–H groups in total. The summed E-state index contributed by atoms with van der Waals surface area (Å²) >= 11 is 0. The Balaban J connectivity index is 1.85. The number of benzene rings is 2. The minimum absolute atomic E-state index is 0.339. The molecule has 0 fully saturated rings. The molecule has 2 rings (SSSR count). The van der Waals surface area contributed by atoms with Gasteiger partial charge in [-0.15, -0.1) is 0 Å². The lowest BCUT2D eigenvalue weighted by molar-refractivity contribution is 0.0592. The molecule has 0 aliphatic carbocycles. The summed E-state index contributed by atoms with van der Waals surface area (Å²) in [4.78, 5) is 24.8. The molecule has 2 aromatic rings. The minimum atomic E-state index is -0.339. The smallest absolute Gasteiger partial charge is 0.337 e. The topological polar surface area (TPSA) is 52.6 Å². The molecule has 0 aliphatic heterocycles. The first-order chi connectivity index (χ1) is 11.1. The molecule has 4 nitrogen and oxygen atoms in total. The first-order valence-corrected chi connectivity index (χ1v) is 10.0. The Hall–Kier alpha value is -1.57. The van der Waals surface area contributed by atoms with Crippen LogP contribution >= 0.6 is 31.4 Å². The van der Waals surface area contributed by atoms with E-state index in [4.69, 9.17) is 0 Å². The van der Waals surface area contributed by atoms with Crippen molar-refractivity contribution in [2.45, 2.75) is 9.79 Å². The number of ether oxygens (including phenoxy) is 2. The van der Waals surface area contributed by atoms with E-state index >= 15 is 0 Å². The number of hydrogen-bond donors (Lipinski definition) is 0. The first-order valence-electron chi connectivity index (χ1n) is 6.52. The number of rotatable bonds is 6. The molecule has 0 aromatic heterocycles. The summed E-state index contributed by atoms with van der Waals surface area (Å²) < 4.78 is 9.32. The molecule has 0 saturated carbocycles. The van der Waals surface area contributed by atoms with Crippen molar-refractivity contribution in [1.29, 1.82) is 0 Å². The Labute approximate surface area is 146 Å². The van der Waals surface area contributed by atoms with E-state index in [2.05, 4.69) is 9.47 Å². The Morgan fingerprint density at radius 3 is 1.35 bits per heavy atom. The maximum absolute atomic E-state index is 11.3. The van der Waals surface area contributed by atoms with Crippen molar-refractivity contribution in [3.63, 3.8) is 0 Å². The highest BCUT2D eigenvalue weighted by Gasteiger charge is 2.06. The molecule has 120 valence electrons. The second-order valence-corrected chi connectivity index (χ2v) is 8.31. The summed E-state index contributed by atoms with van der Waals surface area (Å²) in [5.41, 5.74) is 1.07. The van der Waals surface area contributed by atoms with E-state index in [0.717, 1.165) is 9.79 Å². The molecule has 7 heteroatoms. The van der Waals surface area contributed by atoms with Gasteiger partial charge in [0.1, 0.15) is 0 Å². The van der Waals surface area contributed by atoms with Crippen LogP contribution in [-0.4, -0.2) is 26.2 Å². The summed E-state index contributed by atoms with van der Waals surface area (Å²) in [5, 5.41) is 0. The normalized spacial score (nSPS) is 10.2. The molecular formula is C16H14O4S3. The van der Waals surface area contributed by atoms with Gasteiger partial charge in [-0.2, -0.15) is 0 Å². The Morgan fingerprint density at radius 2 is 1.04 bits per heavy atom. The third-order valence-corrected chi connectivity index (χ3v) is 6.66. The summed E-state index contributed by atoms with van der Waals surface area (Å²) in [6, 6.07) is 14.5. The highest BCUT2D eigenvalue weighted by molar-refractivity contribution is 9.09. The van der Waals surface area contributed by atoms with Crippen molar-refractivity contribution in [1.82, 2.24) is 0 Å². The van der Waals surface area contributed by atoms with Gasteiger partial charge in [0.25, 0.3) is 0 Å². The maximum Gasteiger partial charge on any atom is 0.337 e. The summed E-state index contributed by atoms with van der Waals surface area (Å²) in [7, 11) is 7.52. The first kappa shape index (κ1) is 17.8. The van der Waals surface area contributed by atoms with Crippen LogP contribution in [0.1, 0.15) is 20.7 Å². The van der Waals surface area contributed by atoms with Crippen molar-refractivity contribution < 1.29 is 19.1 Å². The van der Waals surface area contributed by atoms with Gasteiger partial charge in [-0.05, 0) is 79.9 Å². The zero-order valence-corrected chi connectivity index (χ0v) is 14.9. The lowest BCUT2D eigenvalue weighted by atomic mass is 10.2. The number of esters is 2. The van der Waals surface area contributed by atoms with Gasteiger partial charge in [-0.1, -0.05) is 0 Å². The monoisotopic (exact) mass is 366 g/mol. The largest absolute Gasteiger partial charge is 0.465 e. The maximum atomic E-state index is 11.3. The fourth-order valence-electron chi connectivity index (χ4n) is 1.62. The van der Waals surface area contributed by atoms with Crippen LogP contribution in [-0.2, 0) is 9.47 Å². The lowest BCUT2D eigenvalue weighted by Crippen LogP contribution is -2.00. The quantitative estimate of drug-likeness (QED) is 0.542. The third-order valence-electron chi connectivity index (χ3n) is 2.81. The number of methoxy groups -OCH3 is 2. The number of carbonyl (C=O) groups excluding carboxylic acids is 2. The van der Waals surface area contributed by atoms with Gasteiger partial charge in [-0.3, -0.25) is 0 Å². The average Bonchev–Trinajstić information content (AvgIpc) is 2.61. The molecule has 0 saturated heterocycles. The van der Waals surface area contributed by atoms with Crippen molar-refractivity contribution in [2.75, 3.05) is 14.2 Å². The van der Waals surface area contributed by atoms with Crippen LogP contribution in [0.4, 0.5) is 0 Å². The van der Waals surface area contributed by atoms with Crippen LogP contribution in [0.15, 0.2) is 58.3 Å². The van der Waals surface area contributed by atoms with E-state index < -0.39 is 0 Å². The molecule has 0 atom stereocenters. The second-order valence-electron chi connectivity index (χ2n) is 4.27. The second kappa shape index (κ2) is 8.90. The van der Waals surface area contributed by atoms with Crippen molar-refractivity contribution in [2.24, 2.45) is 0 Å². The molecule has 2 aromatic carbocycles. The van der Waals surface area contributed by atoms with Crippen LogP contribution in [0, 0.1) is 0 Å². The van der Waals surface area contributed by atoms with Crippen LogP contribution in [0.2, 0.25) is 0 Å². The molecule has 0 spiro atoms. The zero-order valence-electron chi connectivity index (χ0n) is 12.5. The van der Waals surface area contributed by atoms with E-state index in [1.807, 2.05) is 24.3 Å². The zero-order chi connectivity index (χ0) is 16.7. The summed E-state index contributed by atoms with van der Waals surface area (Å²) in [5.74, 6) is -0.677. The van der Waals surface area contributed by atoms with Crippen molar-refractivity contribution in [3.05, 3.63) is 59.7 Å². The van der Waals surface area contributed by atoms with Gasteiger partial charge in [0.05, 0.1) is 25.3 Å².